The van der Waals surface area contributed by atoms with E-state index in [0.29, 0.717) is 31.1 Å². The SMILES string of the molecule is Cc1ccc(S(=O)(=O)N2CCCC2C(=O)N(CCCN(C)C)c2nc3ccc(Br)cc3s2)cc1. The van der Waals surface area contributed by atoms with E-state index in [9.17, 15) is 13.2 Å². The molecule has 1 atom stereocenters. The van der Waals surface area contributed by atoms with Crippen LogP contribution in [-0.4, -0.2) is 68.3 Å². The Bertz CT molecular complexity index is 1280. The van der Waals surface area contributed by atoms with Gasteiger partial charge in [-0.15, -0.1) is 0 Å². The maximum atomic E-state index is 13.9. The Morgan fingerprint density at radius 2 is 1.91 bits per heavy atom. The maximum absolute atomic E-state index is 13.9. The lowest BCUT2D eigenvalue weighted by molar-refractivity contribution is -0.121. The summed E-state index contributed by atoms with van der Waals surface area (Å²) in [6.45, 7) is 3.55. The number of carbonyl (C=O) groups is 1. The lowest BCUT2D eigenvalue weighted by Gasteiger charge is -2.29. The summed E-state index contributed by atoms with van der Waals surface area (Å²) >= 11 is 4.95. The molecular formula is C24H29BrN4O3S2. The van der Waals surface area contributed by atoms with Gasteiger partial charge in [0.1, 0.15) is 6.04 Å². The van der Waals surface area contributed by atoms with Crippen molar-refractivity contribution in [1.82, 2.24) is 14.2 Å². The third-order valence-electron chi connectivity index (χ3n) is 5.94. The largest absolute Gasteiger partial charge is 0.309 e. The number of halogens is 1. The van der Waals surface area contributed by atoms with Crippen LogP contribution in [0.3, 0.4) is 0 Å². The zero-order valence-corrected chi connectivity index (χ0v) is 22.8. The molecule has 1 amide bonds. The van der Waals surface area contributed by atoms with Gasteiger partial charge in [-0.25, -0.2) is 13.4 Å². The minimum Gasteiger partial charge on any atom is -0.309 e. The number of hydrogen-bond donors (Lipinski definition) is 0. The fourth-order valence-corrected chi connectivity index (χ4v) is 7.35. The molecule has 1 aliphatic rings. The zero-order chi connectivity index (χ0) is 24.5. The Morgan fingerprint density at radius 3 is 2.62 bits per heavy atom. The highest BCUT2D eigenvalue weighted by atomic mass is 79.9. The van der Waals surface area contributed by atoms with Crippen LogP contribution in [0.4, 0.5) is 5.13 Å². The summed E-state index contributed by atoms with van der Waals surface area (Å²) in [6.07, 6.45) is 1.92. The van der Waals surface area contributed by atoms with E-state index in [1.165, 1.54) is 15.6 Å². The van der Waals surface area contributed by atoms with Gasteiger partial charge < -0.3 is 4.90 Å². The summed E-state index contributed by atoms with van der Waals surface area (Å²) < 4.78 is 30.2. The Kier molecular flexibility index (Phi) is 7.73. The normalized spacial score (nSPS) is 17.0. The molecule has 10 heteroatoms. The van der Waals surface area contributed by atoms with Crippen LogP contribution in [0, 0.1) is 6.92 Å². The fraction of sp³-hybridized carbons (Fsp3) is 0.417. The summed E-state index contributed by atoms with van der Waals surface area (Å²) in [4.78, 5) is 22.6. The molecule has 3 aromatic rings. The molecule has 34 heavy (non-hydrogen) atoms. The number of hydrogen-bond acceptors (Lipinski definition) is 6. The highest BCUT2D eigenvalue weighted by molar-refractivity contribution is 9.10. The number of amides is 1. The van der Waals surface area contributed by atoms with E-state index >= 15 is 0 Å². The molecule has 0 radical (unpaired) electrons. The van der Waals surface area contributed by atoms with Gasteiger partial charge in [0.15, 0.2) is 5.13 Å². The van der Waals surface area contributed by atoms with Gasteiger partial charge >= 0.3 is 0 Å². The molecule has 1 aromatic heterocycles. The minimum atomic E-state index is -3.78. The van der Waals surface area contributed by atoms with Crippen LogP contribution >= 0.6 is 27.3 Å². The van der Waals surface area contributed by atoms with Crippen LogP contribution in [0.25, 0.3) is 10.2 Å². The number of nitrogens with zero attached hydrogens (tertiary/aromatic N) is 4. The number of carbonyl (C=O) groups excluding carboxylic acids is 1. The Morgan fingerprint density at radius 1 is 1.18 bits per heavy atom. The lowest BCUT2D eigenvalue weighted by Crippen LogP contribution is -2.48. The van der Waals surface area contributed by atoms with Crippen molar-refractivity contribution < 1.29 is 13.2 Å². The second-order valence-electron chi connectivity index (χ2n) is 8.84. The predicted molar refractivity (Wildman–Crippen MR) is 141 cm³/mol. The monoisotopic (exact) mass is 564 g/mol. The number of sulfonamides is 1. The predicted octanol–water partition coefficient (Wildman–Crippen LogP) is 4.51. The molecule has 1 saturated heterocycles. The van der Waals surface area contributed by atoms with Crippen LogP contribution in [0.2, 0.25) is 0 Å². The summed E-state index contributed by atoms with van der Waals surface area (Å²) in [6, 6.07) is 11.9. The molecule has 7 nitrogen and oxygen atoms in total. The number of fused-ring (bicyclic) bond motifs is 1. The molecule has 0 N–H and O–H groups in total. The Labute approximate surface area is 213 Å². The van der Waals surface area contributed by atoms with Gasteiger partial charge in [0.05, 0.1) is 15.1 Å². The molecule has 0 aliphatic carbocycles. The van der Waals surface area contributed by atoms with Crippen LogP contribution in [0.1, 0.15) is 24.8 Å². The van der Waals surface area contributed by atoms with E-state index in [1.54, 1.807) is 29.2 Å². The molecule has 0 spiro atoms. The summed E-state index contributed by atoms with van der Waals surface area (Å²) in [5.74, 6) is -0.204. The van der Waals surface area contributed by atoms with Gasteiger partial charge in [-0.3, -0.25) is 9.69 Å². The average molecular weight is 566 g/mol. The van der Waals surface area contributed by atoms with Crippen molar-refractivity contribution in [2.75, 3.05) is 38.6 Å². The van der Waals surface area contributed by atoms with Crippen molar-refractivity contribution in [3.63, 3.8) is 0 Å². The first-order chi connectivity index (χ1) is 16.2. The van der Waals surface area contributed by atoms with Crippen molar-refractivity contribution in [2.24, 2.45) is 0 Å². The first-order valence-corrected chi connectivity index (χ1v) is 14.3. The molecular weight excluding hydrogens is 536 g/mol. The van der Waals surface area contributed by atoms with Gasteiger partial charge in [0.25, 0.3) is 0 Å². The summed E-state index contributed by atoms with van der Waals surface area (Å²) in [5, 5.41) is 0.608. The van der Waals surface area contributed by atoms with E-state index in [-0.39, 0.29) is 10.8 Å². The molecule has 1 fully saturated rings. The van der Waals surface area contributed by atoms with Crippen LogP contribution in [0.15, 0.2) is 51.8 Å². The number of rotatable bonds is 8. The van der Waals surface area contributed by atoms with Crippen molar-refractivity contribution in [3.05, 3.63) is 52.5 Å². The average Bonchev–Trinajstić information content (AvgIpc) is 3.44. The van der Waals surface area contributed by atoms with Crippen molar-refractivity contribution in [1.29, 1.82) is 0 Å². The zero-order valence-electron chi connectivity index (χ0n) is 19.6. The number of aromatic nitrogens is 1. The quantitative estimate of drug-likeness (QED) is 0.402. The number of benzene rings is 2. The van der Waals surface area contributed by atoms with Gasteiger partial charge in [-0.2, -0.15) is 4.31 Å². The molecule has 2 aromatic carbocycles. The molecule has 4 rings (SSSR count). The molecule has 0 saturated carbocycles. The topological polar surface area (TPSA) is 73.8 Å². The van der Waals surface area contributed by atoms with Gasteiger partial charge in [0.2, 0.25) is 15.9 Å². The van der Waals surface area contributed by atoms with Crippen LogP contribution in [0.5, 0.6) is 0 Å². The summed E-state index contributed by atoms with van der Waals surface area (Å²) in [7, 11) is 0.213. The van der Waals surface area contributed by atoms with E-state index in [0.717, 1.165) is 33.2 Å². The maximum Gasteiger partial charge on any atom is 0.247 e. The molecule has 1 aliphatic heterocycles. The molecule has 2 heterocycles. The molecule has 0 bridgehead atoms. The highest BCUT2D eigenvalue weighted by Gasteiger charge is 2.42. The van der Waals surface area contributed by atoms with Gasteiger partial charge in [0, 0.05) is 17.6 Å². The smallest absolute Gasteiger partial charge is 0.247 e. The van der Waals surface area contributed by atoms with Crippen molar-refractivity contribution in [3.8, 4) is 0 Å². The first-order valence-electron chi connectivity index (χ1n) is 11.3. The van der Waals surface area contributed by atoms with E-state index < -0.39 is 16.1 Å². The third-order valence-corrected chi connectivity index (χ3v) is 9.40. The number of anilines is 1. The minimum absolute atomic E-state index is 0.204. The Balaban J connectivity index is 1.65. The third kappa shape index (κ3) is 5.36. The number of aryl methyl sites for hydroxylation is 1. The molecule has 182 valence electrons. The Hall–Kier alpha value is -1.85. The van der Waals surface area contributed by atoms with E-state index in [4.69, 9.17) is 4.98 Å². The van der Waals surface area contributed by atoms with Crippen molar-refractivity contribution >= 4 is 58.5 Å². The fourth-order valence-electron chi connectivity index (χ4n) is 4.15. The van der Waals surface area contributed by atoms with Crippen LogP contribution in [-0.2, 0) is 14.8 Å². The van der Waals surface area contributed by atoms with E-state index in [1.807, 2.05) is 39.2 Å². The van der Waals surface area contributed by atoms with Crippen LogP contribution < -0.4 is 4.90 Å². The van der Waals surface area contributed by atoms with Crippen molar-refractivity contribution in [2.45, 2.75) is 37.1 Å². The standard InChI is InChI=1S/C24H29BrN4O3S2/c1-17-7-10-19(11-8-17)34(31,32)29-15-4-6-21(29)23(30)28(14-5-13-27(2)3)24-26-20-12-9-18(25)16-22(20)33-24/h7-12,16,21H,4-6,13-15H2,1-3H3. The number of thiazole rings is 1. The molecule has 1 unspecified atom stereocenters. The second kappa shape index (κ2) is 10.4. The van der Waals surface area contributed by atoms with E-state index in [2.05, 4.69) is 20.8 Å². The first kappa shape index (κ1) is 25.2. The lowest BCUT2D eigenvalue weighted by atomic mass is 10.2. The van der Waals surface area contributed by atoms with Gasteiger partial charge in [-0.05, 0) is 77.2 Å². The summed E-state index contributed by atoms with van der Waals surface area (Å²) in [5.41, 5.74) is 1.81. The highest BCUT2D eigenvalue weighted by Crippen LogP contribution is 2.34. The second-order valence-corrected chi connectivity index (χ2v) is 12.7. The van der Waals surface area contributed by atoms with Gasteiger partial charge in [-0.1, -0.05) is 45.0 Å².